The molecule has 2 amide bonds. The Labute approximate surface area is 178 Å². The molecule has 1 aromatic carbocycles. The molecular formula is C19H19F3N4O6. The molecule has 13 heteroatoms. The number of anilines is 1. The van der Waals surface area contributed by atoms with Crippen LogP contribution in [0.3, 0.4) is 0 Å². The molecule has 0 bridgehead atoms. The smallest absolute Gasteiger partial charge is 0.394 e. The summed E-state index contributed by atoms with van der Waals surface area (Å²) in [6.45, 7) is -1.23. The zero-order chi connectivity index (χ0) is 23.5. The number of benzene rings is 1. The van der Waals surface area contributed by atoms with Gasteiger partial charge in [0.15, 0.2) is 0 Å². The quantitative estimate of drug-likeness (QED) is 0.490. The van der Waals surface area contributed by atoms with E-state index in [4.69, 9.17) is 4.74 Å². The lowest BCUT2D eigenvalue weighted by molar-refractivity contribution is -0.173. The number of alkyl halides is 3. The highest BCUT2D eigenvalue weighted by molar-refractivity contribution is 6.04. The Morgan fingerprint density at radius 3 is 2.53 bits per heavy atom. The molecule has 1 aromatic heterocycles. The van der Waals surface area contributed by atoms with Gasteiger partial charge in [0.1, 0.15) is 18.1 Å². The first-order chi connectivity index (χ1) is 15.1. The van der Waals surface area contributed by atoms with Gasteiger partial charge in [0, 0.05) is 30.3 Å². The van der Waals surface area contributed by atoms with Crippen LogP contribution in [0.15, 0.2) is 41.3 Å². The Morgan fingerprint density at radius 2 is 1.94 bits per heavy atom. The van der Waals surface area contributed by atoms with Crippen LogP contribution in [0.2, 0.25) is 0 Å². The van der Waals surface area contributed by atoms with E-state index in [2.05, 4.69) is 10.3 Å². The highest BCUT2D eigenvalue weighted by Gasteiger charge is 2.39. The molecule has 172 valence electrons. The normalized spacial score (nSPS) is 20.7. The molecule has 1 fully saturated rings. The third kappa shape index (κ3) is 5.30. The number of aliphatic hydroxyl groups is 2. The van der Waals surface area contributed by atoms with Gasteiger partial charge in [-0.05, 0) is 12.1 Å². The van der Waals surface area contributed by atoms with Crippen molar-refractivity contribution < 1.29 is 37.7 Å². The number of aromatic nitrogens is 2. The minimum atomic E-state index is -5.14. The summed E-state index contributed by atoms with van der Waals surface area (Å²) in [4.78, 5) is 39.9. The maximum atomic E-state index is 12.6. The van der Waals surface area contributed by atoms with Crippen molar-refractivity contribution >= 4 is 17.6 Å². The van der Waals surface area contributed by atoms with Crippen LogP contribution in [0, 0.1) is 0 Å². The van der Waals surface area contributed by atoms with E-state index >= 15 is 0 Å². The van der Waals surface area contributed by atoms with Gasteiger partial charge in [0.05, 0.1) is 12.7 Å². The topological polar surface area (TPSA) is 143 Å². The molecule has 10 nitrogen and oxygen atoms in total. The van der Waals surface area contributed by atoms with Crippen LogP contribution in [-0.4, -0.2) is 56.6 Å². The summed E-state index contributed by atoms with van der Waals surface area (Å²) in [6, 6.07) is 7.80. The van der Waals surface area contributed by atoms with Gasteiger partial charge in [-0.2, -0.15) is 18.2 Å². The Balaban J connectivity index is 1.92. The Morgan fingerprint density at radius 1 is 1.25 bits per heavy atom. The van der Waals surface area contributed by atoms with Crippen LogP contribution >= 0.6 is 0 Å². The van der Waals surface area contributed by atoms with E-state index in [0.717, 1.165) is 10.8 Å². The third-order valence-electron chi connectivity index (χ3n) is 4.69. The van der Waals surface area contributed by atoms with Crippen molar-refractivity contribution in [3.63, 3.8) is 0 Å². The zero-order valence-electron chi connectivity index (χ0n) is 16.4. The van der Waals surface area contributed by atoms with Crippen molar-refractivity contribution in [2.75, 3.05) is 11.9 Å². The highest BCUT2D eigenvalue weighted by Crippen LogP contribution is 2.28. The van der Waals surface area contributed by atoms with Crippen molar-refractivity contribution in [3.8, 4) is 0 Å². The van der Waals surface area contributed by atoms with Crippen molar-refractivity contribution in [2.45, 2.75) is 37.6 Å². The molecule has 3 unspecified atom stereocenters. The number of nitrogens with zero attached hydrogens (tertiary/aromatic N) is 2. The SMILES string of the molecule is O=C(Nc1nc(=O)n(C2CC(O)C(CO)O2)cc1CNC(=O)C(F)(F)F)c1ccccc1. The van der Waals surface area contributed by atoms with Crippen LogP contribution in [-0.2, 0) is 16.1 Å². The third-order valence-corrected chi connectivity index (χ3v) is 4.69. The summed E-state index contributed by atoms with van der Waals surface area (Å²) in [7, 11) is 0. The fourth-order valence-electron chi connectivity index (χ4n) is 3.05. The molecule has 1 aliphatic rings. The molecule has 0 aliphatic carbocycles. The molecule has 2 aromatic rings. The van der Waals surface area contributed by atoms with Crippen molar-refractivity contribution in [1.29, 1.82) is 0 Å². The van der Waals surface area contributed by atoms with Crippen molar-refractivity contribution in [2.24, 2.45) is 0 Å². The van der Waals surface area contributed by atoms with Gasteiger partial charge in [-0.15, -0.1) is 0 Å². The summed E-state index contributed by atoms with van der Waals surface area (Å²) in [5.41, 5.74) is -0.830. The first-order valence-corrected chi connectivity index (χ1v) is 9.38. The van der Waals surface area contributed by atoms with Crippen LogP contribution < -0.4 is 16.3 Å². The molecule has 1 saturated heterocycles. The molecule has 3 rings (SSSR count). The van der Waals surface area contributed by atoms with E-state index in [1.165, 1.54) is 12.1 Å². The summed E-state index contributed by atoms with van der Waals surface area (Å²) < 4.78 is 44.0. The zero-order valence-corrected chi connectivity index (χ0v) is 16.4. The minimum Gasteiger partial charge on any atom is -0.394 e. The van der Waals surface area contributed by atoms with Crippen LogP contribution in [0.4, 0.5) is 19.0 Å². The maximum absolute atomic E-state index is 12.6. The van der Waals surface area contributed by atoms with Gasteiger partial charge in [0.2, 0.25) is 0 Å². The average Bonchev–Trinajstić information content (AvgIpc) is 3.13. The minimum absolute atomic E-state index is 0.0864. The van der Waals surface area contributed by atoms with Crippen LogP contribution in [0.5, 0.6) is 0 Å². The second-order valence-electron chi connectivity index (χ2n) is 6.92. The molecule has 3 atom stereocenters. The lowest BCUT2D eigenvalue weighted by Gasteiger charge is -2.18. The molecule has 0 radical (unpaired) electrons. The number of amides is 2. The number of halogens is 3. The molecule has 4 N–H and O–H groups in total. The summed E-state index contributed by atoms with van der Waals surface area (Å²) in [6.07, 6.45) is -7.25. The Bertz CT molecular complexity index is 1040. The second-order valence-corrected chi connectivity index (χ2v) is 6.92. The van der Waals surface area contributed by atoms with Gasteiger partial charge >= 0.3 is 17.8 Å². The second kappa shape index (κ2) is 9.46. The van der Waals surface area contributed by atoms with Gasteiger partial charge in [-0.25, -0.2) is 4.79 Å². The fraction of sp³-hybridized carbons (Fsp3) is 0.368. The van der Waals surface area contributed by atoms with E-state index in [9.17, 15) is 37.8 Å². The number of nitrogens with one attached hydrogen (secondary N) is 2. The van der Waals surface area contributed by atoms with Crippen molar-refractivity contribution in [1.82, 2.24) is 14.9 Å². The maximum Gasteiger partial charge on any atom is 0.471 e. The van der Waals surface area contributed by atoms with Crippen LogP contribution in [0.25, 0.3) is 0 Å². The Hall–Kier alpha value is -3.29. The van der Waals surface area contributed by atoms with Gasteiger partial charge in [-0.3, -0.25) is 14.2 Å². The standard InChI is InChI=1S/C19H19F3N4O6/c20-19(21,22)17(30)23-7-11-8-26(14-6-12(28)13(9-27)32-14)18(31)25-15(11)24-16(29)10-4-2-1-3-5-10/h1-5,8,12-14,27-28H,6-7,9H2,(H,23,30)(H,24,25,29,31). The lowest BCUT2D eigenvalue weighted by Crippen LogP contribution is -2.37. The van der Waals surface area contributed by atoms with E-state index in [-0.39, 0.29) is 23.4 Å². The average molecular weight is 456 g/mol. The first kappa shape index (κ1) is 23.4. The largest absolute Gasteiger partial charge is 0.471 e. The molecule has 32 heavy (non-hydrogen) atoms. The van der Waals surface area contributed by atoms with E-state index < -0.39 is 55.3 Å². The Kier molecular flexibility index (Phi) is 6.91. The first-order valence-electron chi connectivity index (χ1n) is 9.38. The number of carbonyl (C=O) groups excluding carboxylic acids is 2. The van der Waals surface area contributed by atoms with Gasteiger partial charge < -0.3 is 25.6 Å². The lowest BCUT2D eigenvalue weighted by atomic mass is 10.2. The molecular weight excluding hydrogens is 437 g/mol. The number of hydrogen-bond acceptors (Lipinski definition) is 7. The predicted octanol–water partition coefficient (Wildman–Crippen LogP) is 0.315. The fourth-order valence-corrected chi connectivity index (χ4v) is 3.05. The molecule has 1 aliphatic heterocycles. The summed E-state index contributed by atoms with van der Waals surface area (Å²) in [5.74, 6) is -3.24. The van der Waals surface area contributed by atoms with Gasteiger partial charge in [0.25, 0.3) is 5.91 Å². The number of rotatable bonds is 6. The van der Waals surface area contributed by atoms with Gasteiger partial charge in [-0.1, -0.05) is 18.2 Å². The number of hydrogen-bond donors (Lipinski definition) is 4. The van der Waals surface area contributed by atoms with E-state index in [1.54, 1.807) is 23.5 Å². The number of carbonyl (C=O) groups is 2. The predicted molar refractivity (Wildman–Crippen MR) is 102 cm³/mol. The molecule has 0 saturated carbocycles. The highest BCUT2D eigenvalue weighted by atomic mass is 19.4. The molecule has 0 spiro atoms. The number of ether oxygens (including phenoxy) is 1. The summed E-state index contributed by atoms with van der Waals surface area (Å²) in [5, 5.41) is 23.1. The van der Waals surface area contributed by atoms with E-state index in [1.807, 2.05) is 0 Å². The monoisotopic (exact) mass is 456 g/mol. The number of aliphatic hydroxyl groups excluding tert-OH is 2. The molecule has 2 heterocycles. The van der Waals surface area contributed by atoms with Crippen LogP contribution in [0.1, 0.15) is 28.6 Å². The van der Waals surface area contributed by atoms with E-state index in [0.29, 0.717) is 0 Å². The van der Waals surface area contributed by atoms with Crippen molar-refractivity contribution in [3.05, 3.63) is 58.1 Å². The summed E-state index contributed by atoms with van der Waals surface area (Å²) >= 11 is 0.